The van der Waals surface area contributed by atoms with E-state index in [-0.39, 0.29) is 18.1 Å². The summed E-state index contributed by atoms with van der Waals surface area (Å²) < 4.78 is 5.28. The van der Waals surface area contributed by atoms with Gasteiger partial charge in [-0.2, -0.15) is 0 Å². The van der Waals surface area contributed by atoms with Gasteiger partial charge in [0.1, 0.15) is 6.04 Å². The summed E-state index contributed by atoms with van der Waals surface area (Å²) in [5.41, 5.74) is 1.21. The number of nitrogens with one attached hydrogen (secondary N) is 1. The fourth-order valence-electron chi connectivity index (χ4n) is 4.71. The van der Waals surface area contributed by atoms with Gasteiger partial charge >= 0.3 is 5.97 Å². The number of benzene rings is 1. The van der Waals surface area contributed by atoms with E-state index in [9.17, 15) is 4.79 Å². The van der Waals surface area contributed by atoms with Crippen LogP contribution >= 0.6 is 11.6 Å². The molecule has 0 radical (unpaired) electrons. The summed E-state index contributed by atoms with van der Waals surface area (Å²) in [5.74, 6) is 0.373. The van der Waals surface area contributed by atoms with E-state index in [1.165, 1.54) is 31.2 Å². The molecule has 1 aromatic carbocycles. The fourth-order valence-corrected chi connectivity index (χ4v) is 4.84. The number of nitrogens with zero attached hydrogens (tertiary/aromatic N) is 1. The lowest BCUT2D eigenvalue weighted by atomic mass is 9.81. The lowest BCUT2D eigenvalue weighted by Crippen LogP contribution is -2.47. The van der Waals surface area contributed by atoms with Crippen LogP contribution in [0.1, 0.15) is 57.6 Å². The van der Waals surface area contributed by atoms with Crippen LogP contribution in [-0.4, -0.2) is 42.6 Å². The third kappa shape index (κ3) is 4.24. The van der Waals surface area contributed by atoms with Gasteiger partial charge < -0.3 is 9.64 Å². The Balaban J connectivity index is 1.82. The van der Waals surface area contributed by atoms with Crippen molar-refractivity contribution in [1.29, 1.82) is 0 Å². The first-order valence-electron chi connectivity index (χ1n) is 9.93. The van der Waals surface area contributed by atoms with Gasteiger partial charge in [-0.1, -0.05) is 30.7 Å². The molecule has 2 bridgehead atoms. The summed E-state index contributed by atoms with van der Waals surface area (Å²) in [6, 6.07) is 9.29. The highest BCUT2D eigenvalue weighted by molar-refractivity contribution is 6.30. The fraction of sp³-hybridized carbons (Fsp3) is 0.667. The van der Waals surface area contributed by atoms with Gasteiger partial charge in [0.25, 0.3) is 0 Å². The molecule has 0 spiro atoms. The van der Waals surface area contributed by atoms with Crippen LogP contribution in [0, 0.1) is 5.92 Å². The molecule has 2 saturated heterocycles. The van der Waals surface area contributed by atoms with Crippen molar-refractivity contribution in [2.75, 3.05) is 13.7 Å². The molecule has 4 nitrogen and oxygen atoms in total. The molecular weight excluding hydrogens is 348 g/mol. The highest BCUT2D eigenvalue weighted by Crippen LogP contribution is 2.42. The van der Waals surface area contributed by atoms with Crippen LogP contribution in [0.25, 0.3) is 0 Å². The van der Waals surface area contributed by atoms with Gasteiger partial charge in [0, 0.05) is 23.1 Å². The molecule has 1 unspecified atom stereocenters. The van der Waals surface area contributed by atoms with E-state index in [0.29, 0.717) is 24.6 Å². The predicted octanol–water partition coefficient (Wildman–Crippen LogP) is 4.19. The summed E-state index contributed by atoms with van der Waals surface area (Å²) >= 11 is 6.10. The van der Waals surface area contributed by atoms with Crippen LogP contribution in [0.2, 0.25) is 5.02 Å². The molecule has 26 heavy (non-hydrogen) atoms. The normalized spacial score (nSPS) is 27.9. The summed E-state index contributed by atoms with van der Waals surface area (Å²) in [4.78, 5) is 14.9. The van der Waals surface area contributed by atoms with Gasteiger partial charge in [-0.15, -0.1) is 0 Å². The Kier molecular flexibility index (Phi) is 6.60. The molecule has 2 fully saturated rings. The van der Waals surface area contributed by atoms with Crippen LogP contribution in [0.4, 0.5) is 0 Å². The lowest BCUT2D eigenvalue weighted by molar-refractivity contribution is -0.146. The number of ether oxygens (including phenoxy) is 1. The quantitative estimate of drug-likeness (QED) is 0.722. The molecule has 144 valence electrons. The number of esters is 1. The number of rotatable bonds is 7. The maximum Gasteiger partial charge on any atom is 0.323 e. The second-order valence-corrected chi connectivity index (χ2v) is 8.13. The van der Waals surface area contributed by atoms with E-state index in [2.05, 4.69) is 29.4 Å². The van der Waals surface area contributed by atoms with Gasteiger partial charge in [0.2, 0.25) is 0 Å². The third-order valence-corrected chi connectivity index (χ3v) is 6.45. The van der Waals surface area contributed by atoms with Gasteiger partial charge in [0.15, 0.2) is 0 Å². The van der Waals surface area contributed by atoms with Crippen molar-refractivity contribution in [3.8, 4) is 0 Å². The monoisotopic (exact) mass is 378 g/mol. The van der Waals surface area contributed by atoms with E-state index < -0.39 is 0 Å². The molecular formula is C21H31ClN2O2. The molecule has 1 aromatic rings. The van der Waals surface area contributed by atoms with Crippen LogP contribution in [0.15, 0.2) is 24.3 Å². The Bertz CT molecular complexity index is 593. The molecule has 0 saturated carbocycles. The standard InChI is InChI=1S/C21H31ClN2O2/c1-4-19(21(25)26-5-2)23-20(14-6-8-16(22)9-7-14)15-12-17-10-11-18(13-15)24(17)3/h6-9,15,17-20,23H,4-5,10-13H2,1-3H3/t15?,17-,18+,19-,20+/m1/s1. The summed E-state index contributed by atoms with van der Waals surface area (Å²) in [6.07, 6.45) is 5.65. The molecule has 0 aliphatic carbocycles. The first-order valence-corrected chi connectivity index (χ1v) is 10.3. The summed E-state index contributed by atoms with van der Waals surface area (Å²) in [5, 5.41) is 4.39. The zero-order chi connectivity index (χ0) is 18.7. The largest absolute Gasteiger partial charge is 0.465 e. The second kappa shape index (κ2) is 8.73. The molecule has 0 amide bonds. The maximum absolute atomic E-state index is 12.4. The van der Waals surface area contributed by atoms with Gasteiger partial charge in [0.05, 0.1) is 6.61 Å². The minimum atomic E-state index is -0.270. The van der Waals surface area contributed by atoms with Crippen LogP contribution in [-0.2, 0) is 9.53 Å². The number of hydrogen-bond acceptors (Lipinski definition) is 4. The first kappa shape index (κ1) is 19.7. The molecule has 5 atom stereocenters. The molecule has 2 heterocycles. The van der Waals surface area contributed by atoms with Crippen molar-refractivity contribution in [3.63, 3.8) is 0 Å². The maximum atomic E-state index is 12.4. The molecule has 3 rings (SSSR count). The number of hydrogen-bond donors (Lipinski definition) is 1. The van der Waals surface area contributed by atoms with Gasteiger partial charge in [-0.25, -0.2) is 0 Å². The number of carbonyl (C=O) groups is 1. The molecule has 2 aliphatic rings. The van der Waals surface area contributed by atoms with Crippen molar-refractivity contribution in [3.05, 3.63) is 34.9 Å². The SMILES string of the molecule is CCOC(=O)[C@@H](CC)N[C@@H](c1ccc(Cl)cc1)C1C[C@H]2CC[C@@H](C1)N2C. The van der Waals surface area contributed by atoms with Gasteiger partial charge in [-0.05, 0) is 69.7 Å². The molecule has 5 heteroatoms. The highest BCUT2D eigenvalue weighted by atomic mass is 35.5. The number of halogens is 1. The topological polar surface area (TPSA) is 41.6 Å². The van der Waals surface area contributed by atoms with Crippen molar-refractivity contribution >= 4 is 17.6 Å². The van der Waals surface area contributed by atoms with Crippen LogP contribution in [0.5, 0.6) is 0 Å². The average Bonchev–Trinajstić information content (AvgIpc) is 2.84. The van der Waals surface area contributed by atoms with E-state index in [1.54, 1.807) is 0 Å². The minimum Gasteiger partial charge on any atom is -0.465 e. The smallest absolute Gasteiger partial charge is 0.323 e. The third-order valence-electron chi connectivity index (χ3n) is 6.20. The lowest BCUT2D eigenvalue weighted by Gasteiger charge is -2.41. The highest BCUT2D eigenvalue weighted by Gasteiger charge is 2.42. The van der Waals surface area contributed by atoms with Crippen molar-refractivity contribution < 1.29 is 9.53 Å². The summed E-state index contributed by atoms with van der Waals surface area (Å²) in [7, 11) is 2.26. The number of fused-ring (bicyclic) bond motifs is 2. The molecule has 1 N–H and O–H groups in total. The zero-order valence-electron chi connectivity index (χ0n) is 16.1. The predicted molar refractivity (Wildman–Crippen MR) is 105 cm³/mol. The molecule has 2 aliphatic heterocycles. The Hall–Kier alpha value is -1.10. The minimum absolute atomic E-state index is 0.148. The Labute approximate surface area is 162 Å². The Morgan fingerprint density at radius 1 is 1.23 bits per heavy atom. The second-order valence-electron chi connectivity index (χ2n) is 7.69. The van der Waals surface area contributed by atoms with Crippen LogP contribution in [0.3, 0.4) is 0 Å². The van der Waals surface area contributed by atoms with E-state index in [1.807, 2.05) is 26.0 Å². The first-order chi connectivity index (χ1) is 12.5. The van der Waals surface area contributed by atoms with Crippen molar-refractivity contribution in [2.45, 2.75) is 70.1 Å². The Morgan fingerprint density at radius 2 is 1.85 bits per heavy atom. The van der Waals surface area contributed by atoms with E-state index >= 15 is 0 Å². The van der Waals surface area contributed by atoms with Crippen LogP contribution < -0.4 is 5.32 Å². The number of carbonyl (C=O) groups excluding carboxylic acids is 1. The Morgan fingerprint density at radius 3 is 2.38 bits per heavy atom. The molecule has 0 aromatic heterocycles. The van der Waals surface area contributed by atoms with Gasteiger partial charge in [-0.3, -0.25) is 10.1 Å². The average molecular weight is 379 g/mol. The van der Waals surface area contributed by atoms with Crippen molar-refractivity contribution in [2.24, 2.45) is 5.92 Å². The van der Waals surface area contributed by atoms with E-state index in [4.69, 9.17) is 16.3 Å². The van der Waals surface area contributed by atoms with Crippen molar-refractivity contribution in [1.82, 2.24) is 10.2 Å². The summed E-state index contributed by atoms with van der Waals surface area (Å²) in [6.45, 7) is 4.31. The van der Waals surface area contributed by atoms with E-state index in [0.717, 1.165) is 11.4 Å². The zero-order valence-corrected chi connectivity index (χ0v) is 16.8. The number of piperidine rings is 1.